The molecule has 1 atom stereocenters. The lowest BCUT2D eigenvalue weighted by atomic mass is 10.1. The van der Waals surface area contributed by atoms with Gasteiger partial charge in [0.25, 0.3) is 10.0 Å². The van der Waals surface area contributed by atoms with Crippen LogP contribution < -0.4 is 14.4 Å². The standard InChI is InChI=1S/C30H35Cl2N3O5S/c1-6-27(29(37)33-30(2,3)4)34(19-21-11-10-12-23(17-21)40-5)28(36)20-35(22-15-16-25(31)26(32)18-22)41(38,39)24-13-8-7-9-14-24/h7-18,27H,6,19-20H2,1-5H3,(H,33,37)/t27-/m1/s1. The van der Waals surface area contributed by atoms with Gasteiger partial charge in [-0.1, -0.05) is 60.5 Å². The van der Waals surface area contributed by atoms with E-state index in [0.717, 1.165) is 4.31 Å². The van der Waals surface area contributed by atoms with Crippen LogP contribution in [0, 0.1) is 0 Å². The second-order valence-electron chi connectivity index (χ2n) is 10.5. The van der Waals surface area contributed by atoms with Crippen molar-refractivity contribution in [1.82, 2.24) is 10.2 Å². The second kappa shape index (κ2) is 13.6. The van der Waals surface area contributed by atoms with Crippen molar-refractivity contribution in [2.24, 2.45) is 0 Å². The predicted molar refractivity (Wildman–Crippen MR) is 163 cm³/mol. The summed E-state index contributed by atoms with van der Waals surface area (Å²) in [4.78, 5) is 28.9. The minimum Gasteiger partial charge on any atom is -0.497 e. The molecule has 0 saturated carbocycles. The Morgan fingerprint density at radius 2 is 1.63 bits per heavy atom. The Kier molecular flexibility index (Phi) is 10.7. The molecule has 0 aliphatic heterocycles. The molecule has 0 unspecified atom stereocenters. The van der Waals surface area contributed by atoms with E-state index < -0.39 is 34.1 Å². The van der Waals surface area contributed by atoms with E-state index in [4.69, 9.17) is 27.9 Å². The molecule has 0 bridgehead atoms. The van der Waals surface area contributed by atoms with Crippen LogP contribution in [0.4, 0.5) is 5.69 Å². The predicted octanol–water partition coefficient (Wildman–Crippen LogP) is 5.92. The molecule has 3 rings (SSSR count). The summed E-state index contributed by atoms with van der Waals surface area (Å²) in [6, 6.07) is 18.4. The summed E-state index contributed by atoms with van der Waals surface area (Å²) in [5, 5.41) is 3.32. The normalized spacial score (nSPS) is 12.4. The highest BCUT2D eigenvalue weighted by atomic mass is 35.5. The Hall–Kier alpha value is -3.27. The van der Waals surface area contributed by atoms with Crippen molar-refractivity contribution in [1.29, 1.82) is 0 Å². The van der Waals surface area contributed by atoms with E-state index in [1.807, 2.05) is 26.8 Å². The smallest absolute Gasteiger partial charge is 0.264 e. The molecule has 3 aromatic rings. The van der Waals surface area contributed by atoms with Gasteiger partial charge in [-0.05, 0) is 75.2 Å². The molecule has 0 saturated heterocycles. The van der Waals surface area contributed by atoms with Gasteiger partial charge < -0.3 is 15.0 Å². The van der Waals surface area contributed by atoms with E-state index >= 15 is 0 Å². The van der Waals surface area contributed by atoms with Gasteiger partial charge in [0.15, 0.2) is 0 Å². The van der Waals surface area contributed by atoms with Crippen LogP contribution in [0.2, 0.25) is 10.0 Å². The largest absolute Gasteiger partial charge is 0.497 e. The van der Waals surface area contributed by atoms with Crippen molar-refractivity contribution >= 4 is 50.7 Å². The fourth-order valence-electron chi connectivity index (χ4n) is 4.23. The Morgan fingerprint density at radius 3 is 2.22 bits per heavy atom. The maximum atomic E-state index is 14.1. The van der Waals surface area contributed by atoms with Gasteiger partial charge in [-0.25, -0.2) is 8.42 Å². The Bertz CT molecular complexity index is 1480. The number of benzene rings is 3. The summed E-state index contributed by atoms with van der Waals surface area (Å²) >= 11 is 12.4. The summed E-state index contributed by atoms with van der Waals surface area (Å²) in [5.41, 5.74) is 0.328. The van der Waals surface area contributed by atoms with Crippen LogP contribution in [0.25, 0.3) is 0 Å². The first-order chi connectivity index (χ1) is 19.3. The van der Waals surface area contributed by atoms with E-state index in [2.05, 4.69) is 5.32 Å². The van der Waals surface area contributed by atoms with Gasteiger partial charge >= 0.3 is 0 Å². The quantitative estimate of drug-likeness (QED) is 0.287. The zero-order valence-corrected chi connectivity index (χ0v) is 26.1. The molecule has 0 aromatic heterocycles. The third-order valence-electron chi connectivity index (χ3n) is 6.17. The number of hydrogen-bond acceptors (Lipinski definition) is 5. The average molecular weight is 621 g/mol. The molecule has 220 valence electrons. The molecule has 0 spiro atoms. The van der Waals surface area contributed by atoms with Crippen LogP contribution in [0.3, 0.4) is 0 Å². The molecule has 0 aliphatic carbocycles. The number of halogens is 2. The number of sulfonamides is 1. The number of carbonyl (C=O) groups excluding carboxylic acids is 2. The van der Waals surface area contributed by atoms with Crippen LogP contribution in [-0.2, 0) is 26.2 Å². The summed E-state index contributed by atoms with van der Waals surface area (Å²) in [5.74, 6) is -0.330. The van der Waals surface area contributed by atoms with E-state index in [0.29, 0.717) is 17.7 Å². The maximum Gasteiger partial charge on any atom is 0.264 e. The Labute approximate surface area is 252 Å². The van der Waals surface area contributed by atoms with Crippen LogP contribution in [0.1, 0.15) is 39.7 Å². The number of carbonyl (C=O) groups is 2. The van der Waals surface area contributed by atoms with Crippen molar-refractivity contribution in [3.05, 3.63) is 88.4 Å². The van der Waals surface area contributed by atoms with Crippen LogP contribution >= 0.6 is 23.2 Å². The molecular weight excluding hydrogens is 585 g/mol. The third kappa shape index (κ3) is 8.38. The molecule has 8 nitrogen and oxygen atoms in total. The van der Waals surface area contributed by atoms with E-state index in [1.54, 1.807) is 43.3 Å². The number of nitrogens with one attached hydrogen (secondary N) is 1. The van der Waals surface area contributed by atoms with E-state index in [-0.39, 0.29) is 33.1 Å². The average Bonchev–Trinajstić information content (AvgIpc) is 2.92. The summed E-state index contributed by atoms with van der Waals surface area (Å²) in [7, 11) is -2.67. The molecule has 0 radical (unpaired) electrons. The monoisotopic (exact) mass is 619 g/mol. The van der Waals surface area contributed by atoms with Gasteiger partial charge in [0.2, 0.25) is 11.8 Å². The fraction of sp³-hybridized carbons (Fsp3) is 0.333. The van der Waals surface area contributed by atoms with Gasteiger partial charge in [0.05, 0.1) is 27.7 Å². The summed E-state index contributed by atoms with van der Waals surface area (Å²) < 4.78 is 34.1. The highest BCUT2D eigenvalue weighted by Crippen LogP contribution is 2.31. The number of hydrogen-bond donors (Lipinski definition) is 1. The molecule has 0 aliphatic rings. The maximum absolute atomic E-state index is 14.1. The molecule has 3 aromatic carbocycles. The number of ether oxygens (including phenoxy) is 1. The topological polar surface area (TPSA) is 96.0 Å². The van der Waals surface area contributed by atoms with Crippen molar-refractivity contribution < 1.29 is 22.7 Å². The number of anilines is 1. The van der Waals surface area contributed by atoms with Crippen molar-refractivity contribution in [2.75, 3.05) is 18.0 Å². The highest BCUT2D eigenvalue weighted by Gasteiger charge is 2.34. The van der Waals surface area contributed by atoms with Gasteiger partial charge in [0.1, 0.15) is 18.3 Å². The number of rotatable bonds is 11. The zero-order valence-electron chi connectivity index (χ0n) is 23.7. The van der Waals surface area contributed by atoms with E-state index in [9.17, 15) is 18.0 Å². The van der Waals surface area contributed by atoms with Gasteiger partial charge in [-0.3, -0.25) is 13.9 Å². The van der Waals surface area contributed by atoms with Crippen molar-refractivity contribution in [3.63, 3.8) is 0 Å². The molecule has 41 heavy (non-hydrogen) atoms. The first-order valence-electron chi connectivity index (χ1n) is 13.0. The molecule has 2 amide bonds. The lowest BCUT2D eigenvalue weighted by molar-refractivity contribution is -0.141. The lowest BCUT2D eigenvalue weighted by Crippen LogP contribution is -2.55. The van der Waals surface area contributed by atoms with E-state index in [1.165, 1.54) is 42.3 Å². The molecule has 11 heteroatoms. The minimum absolute atomic E-state index is 0.00395. The molecular formula is C30H35Cl2N3O5S. The number of amides is 2. The minimum atomic E-state index is -4.21. The first-order valence-corrected chi connectivity index (χ1v) is 15.2. The third-order valence-corrected chi connectivity index (χ3v) is 8.70. The van der Waals surface area contributed by atoms with Gasteiger partial charge in [0, 0.05) is 12.1 Å². The van der Waals surface area contributed by atoms with Crippen LogP contribution in [-0.4, -0.2) is 50.4 Å². The highest BCUT2D eigenvalue weighted by molar-refractivity contribution is 7.92. The lowest BCUT2D eigenvalue weighted by Gasteiger charge is -2.35. The molecule has 0 fully saturated rings. The SMILES string of the molecule is CC[C@H](C(=O)NC(C)(C)C)N(Cc1cccc(OC)c1)C(=O)CN(c1ccc(Cl)c(Cl)c1)S(=O)(=O)c1ccccc1. The van der Waals surface area contributed by atoms with Gasteiger partial charge in [-0.2, -0.15) is 0 Å². The number of nitrogens with zero attached hydrogens (tertiary/aromatic N) is 2. The molecule has 0 heterocycles. The Balaban J connectivity index is 2.09. The summed E-state index contributed by atoms with van der Waals surface area (Å²) in [6.45, 7) is 6.82. The van der Waals surface area contributed by atoms with Gasteiger partial charge in [-0.15, -0.1) is 0 Å². The zero-order chi connectivity index (χ0) is 30.4. The van der Waals surface area contributed by atoms with Crippen molar-refractivity contribution in [2.45, 2.75) is 57.1 Å². The van der Waals surface area contributed by atoms with Crippen molar-refractivity contribution in [3.8, 4) is 5.75 Å². The second-order valence-corrected chi connectivity index (χ2v) is 13.1. The first kappa shape index (κ1) is 32.2. The van der Waals surface area contributed by atoms with Crippen LogP contribution in [0.5, 0.6) is 5.75 Å². The summed E-state index contributed by atoms with van der Waals surface area (Å²) in [6.07, 6.45) is 0.301. The van der Waals surface area contributed by atoms with Crippen LogP contribution in [0.15, 0.2) is 77.7 Å². The number of methoxy groups -OCH3 is 1. The Morgan fingerprint density at radius 1 is 0.951 bits per heavy atom. The molecule has 1 N–H and O–H groups in total. The fourth-order valence-corrected chi connectivity index (χ4v) is 5.95.